The molecule has 28 heavy (non-hydrogen) atoms. The third kappa shape index (κ3) is 9.41. The summed E-state index contributed by atoms with van der Waals surface area (Å²) in [5.41, 5.74) is 0. The molecule has 2 nitrogen and oxygen atoms in total. The molecule has 0 bridgehead atoms. The van der Waals surface area contributed by atoms with Gasteiger partial charge in [-0.2, -0.15) is 0 Å². The van der Waals surface area contributed by atoms with E-state index < -0.39 is 0 Å². The highest BCUT2D eigenvalue weighted by Crippen LogP contribution is 2.65. The zero-order valence-electron chi connectivity index (χ0n) is 15.5. The van der Waals surface area contributed by atoms with Gasteiger partial charge in [-0.1, -0.05) is 78.9 Å². The van der Waals surface area contributed by atoms with Crippen LogP contribution in [0.1, 0.15) is 0 Å². The molecule has 0 amide bonds. The zero-order valence-corrected chi connectivity index (χ0v) is 25.2. The Kier molecular flexibility index (Phi) is 16.0. The van der Waals surface area contributed by atoms with E-state index >= 15 is 0 Å². The van der Waals surface area contributed by atoms with Crippen molar-refractivity contribution in [2.45, 2.75) is 0 Å². The molecule has 0 spiro atoms. The molecule has 12 heteroatoms. The molecule has 2 heterocycles. The monoisotopic (exact) mass is 660 g/mol. The van der Waals surface area contributed by atoms with Crippen LogP contribution < -0.4 is 0 Å². The number of hydrogen-bond donors (Lipinski definition) is 0. The van der Waals surface area contributed by atoms with Crippen molar-refractivity contribution in [2.75, 3.05) is 61.1 Å². The van der Waals surface area contributed by atoms with E-state index in [0.29, 0.717) is 0 Å². The smallest absolute Gasteiger partial charge is 0.0717 e. The Morgan fingerprint density at radius 1 is 0.643 bits per heavy atom. The first-order valence-corrected chi connectivity index (χ1v) is 18.2. The molecule has 0 fully saturated rings. The fraction of sp³-hybridized carbons (Fsp3) is 0.625. The zero-order chi connectivity index (χ0) is 20.2. The van der Waals surface area contributed by atoms with E-state index in [9.17, 15) is 0 Å². The number of halogens is 2. The van der Waals surface area contributed by atoms with Crippen LogP contribution in [0.2, 0.25) is 0 Å². The lowest BCUT2D eigenvalue weighted by Gasteiger charge is -2.06. The summed E-state index contributed by atoms with van der Waals surface area (Å²) in [6.45, 7) is 3.14. The minimum Gasteiger partial charge on any atom is -0.380 e. The minimum absolute atomic E-state index is 0.775. The van der Waals surface area contributed by atoms with Crippen LogP contribution in [0.4, 0.5) is 0 Å². The van der Waals surface area contributed by atoms with Gasteiger partial charge in [-0.3, -0.25) is 0 Å². The SMILES string of the molecule is CSC1=C(SC)SC(=C2SC(SCCOCCBr)=C(SCCOCCBr)S2)S1. The Morgan fingerprint density at radius 2 is 1.04 bits per heavy atom. The second-order valence-electron chi connectivity index (χ2n) is 4.84. The topological polar surface area (TPSA) is 18.5 Å². The predicted molar refractivity (Wildman–Crippen MR) is 153 cm³/mol. The van der Waals surface area contributed by atoms with Gasteiger partial charge in [-0.15, -0.1) is 47.0 Å². The molecule has 2 aliphatic rings. The Morgan fingerprint density at radius 3 is 1.39 bits per heavy atom. The molecule has 0 aromatic carbocycles. The first-order valence-electron chi connectivity index (χ1n) is 8.28. The van der Waals surface area contributed by atoms with Gasteiger partial charge >= 0.3 is 0 Å². The first kappa shape index (κ1) is 27.1. The Balaban J connectivity index is 1.95. The van der Waals surface area contributed by atoms with E-state index in [2.05, 4.69) is 44.4 Å². The Hall–Kier alpha value is 2.90. The second kappa shape index (κ2) is 16.5. The van der Waals surface area contributed by atoms with Gasteiger partial charge < -0.3 is 9.47 Å². The fourth-order valence-corrected chi connectivity index (χ4v) is 13.3. The molecular weight excluding hydrogens is 641 g/mol. The van der Waals surface area contributed by atoms with Crippen LogP contribution in [0, 0.1) is 0 Å². The summed E-state index contributed by atoms with van der Waals surface area (Å²) in [6.07, 6.45) is 4.34. The number of rotatable bonds is 14. The van der Waals surface area contributed by atoms with Gasteiger partial charge in [0.1, 0.15) is 0 Å². The van der Waals surface area contributed by atoms with Crippen LogP contribution in [0.25, 0.3) is 0 Å². The summed E-state index contributed by atoms with van der Waals surface area (Å²) in [5, 5.41) is 1.79. The van der Waals surface area contributed by atoms with Crippen LogP contribution in [-0.2, 0) is 9.47 Å². The average Bonchev–Trinajstić information content (AvgIpc) is 3.31. The molecule has 0 radical (unpaired) electrons. The summed E-state index contributed by atoms with van der Waals surface area (Å²) in [6, 6.07) is 0. The lowest BCUT2D eigenvalue weighted by Crippen LogP contribution is -2.00. The number of alkyl halides is 2. The highest BCUT2D eigenvalue weighted by Gasteiger charge is 2.30. The number of hydrogen-bond acceptors (Lipinski definition) is 10. The van der Waals surface area contributed by atoms with Crippen LogP contribution in [0.15, 0.2) is 25.4 Å². The Labute approximate surface area is 219 Å². The van der Waals surface area contributed by atoms with Crippen molar-refractivity contribution in [3.63, 3.8) is 0 Å². The lowest BCUT2D eigenvalue weighted by atomic mass is 10.8. The third-order valence-corrected chi connectivity index (χ3v) is 14.8. The van der Waals surface area contributed by atoms with Crippen molar-refractivity contribution in [3.05, 3.63) is 25.4 Å². The largest absolute Gasteiger partial charge is 0.380 e. The molecular formula is C16H22Br2O2S8. The van der Waals surface area contributed by atoms with Gasteiger partial charge in [0.15, 0.2) is 0 Å². The van der Waals surface area contributed by atoms with Gasteiger partial charge in [0.05, 0.1) is 51.9 Å². The molecule has 0 aliphatic carbocycles. The van der Waals surface area contributed by atoms with Crippen molar-refractivity contribution in [3.8, 4) is 0 Å². The van der Waals surface area contributed by atoms with Crippen molar-refractivity contribution in [2.24, 2.45) is 0 Å². The number of ether oxygens (including phenoxy) is 2. The van der Waals surface area contributed by atoms with Crippen LogP contribution in [-0.4, -0.2) is 61.1 Å². The molecule has 0 saturated heterocycles. The highest BCUT2D eigenvalue weighted by molar-refractivity contribution is 9.09. The fourth-order valence-electron chi connectivity index (χ4n) is 1.84. The van der Waals surface area contributed by atoms with Gasteiger partial charge in [0.25, 0.3) is 0 Å². The van der Waals surface area contributed by atoms with Gasteiger partial charge in [-0.05, 0) is 12.5 Å². The molecule has 0 aromatic heterocycles. The lowest BCUT2D eigenvalue weighted by molar-refractivity contribution is 0.168. The maximum Gasteiger partial charge on any atom is 0.0717 e. The maximum absolute atomic E-state index is 5.62. The van der Waals surface area contributed by atoms with E-state index in [-0.39, 0.29) is 0 Å². The molecule has 0 unspecified atom stereocenters. The van der Waals surface area contributed by atoms with Crippen LogP contribution in [0.3, 0.4) is 0 Å². The molecule has 2 rings (SSSR count). The average molecular weight is 663 g/mol. The van der Waals surface area contributed by atoms with Crippen LogP contribution >= 0.6 is 126 Å². The summed E-state index contributed by atoms with van der Waals surface area (Å²) < 4.78 is 19.8. The quantitative estimate of drug-likeness (QED) is 0.133. The van der Waals surface area contributed by atoms with E-state index in [1.165, 1.54) is 25.4 Å². The van der Waals surface area contributed by atoms with E-state index in [1.54, 1.807) is 0 Å². The first-order chi connectivity index (χ1) is 13.7. The molecule has 0 aromatic rings. The number of thioether (sulfide) groups is 8. The standard InChI is InChI=1S/C16H22Br2O2S8/c1-21-11-12(22-2)26-15(25-11)16-27-13(23-9-7-19-5-3-17)14(28-16)24-10-8-20-6-4-18/h3-10H2,1-2H3. The van der Waals surface area contributed by atoms with Crippen LogP contribution in [0.5, 0.6) is 0 Å². The summed E-state index contributed by atoms with van der Waals surface area (Å²) in [7, 11) is 0. The van der Waals surface area contributed by atoms with Crippen molar-refractivity contribution < 1.29 is 9.47 Å². The Bertz CT molecular complexity index is 551. The van der Waals surface area contributed by atoms with E-state index in [0.717, 1.165) is 48.6 Å². The van der Waals surface area contributed by atoms with Crippen molar-refractivity contribution in [1.82, 2.24) is 0 Å². The highest BCUT2D eigenvalue weighted by atomic mass is 79.9. The van der Waals surface area contributed by atoms with Gasteiger partial charge in [-0.25, -0.2) is 0 Å². The van der Waals surface area contributed by atoms with Gasteiger partial charge in [0.2, 0.25) is 0 Å². The molecule has 0 saturated carbocycles. The molecule has 2 aliphatic heterocycles. The normalized spacial score (nSPS) is 17.6. The second-order valence-corrected chi connectivity index (χ2v) is 15.9. The third-order valence-electron chi connectivity index (χ3n) is 2.98. The summed E-state index contributed by atoms with van der Waals surface area (Å²) >= 11 is 22.1. The molecule has 0 atom stereocenters. The van der Waals surface area contributed by atoms with E-state index in [1.807, 2.05) is 94.1 Å². The molecule has 0 N–H and O–H groups in total. The molecule has 160 valence electrons. The summed E-state index contributed by atoms with van der Waals surface area (Å²) in [5.74, 6) is 1.99. The minimum atomic E-state index is 0.775. The van der Waals surface area contributed by atoms with Crippen molar-refractivity contribution in [1.29, 1.82) is 0 Å². The predicted octanol–water partition coefficient (Wildman–Crippen LogP) is 8.34. The van der Waals surface area contributed by atoms with Gasteiger partial charge in [0, 0.05) is 22.2 Å². The van der Waals surface area contributed by atoms with E-state index in [4.69, 9.17) is 9.47 Å². The van der Waals surface area contributed by atoms with Crippen molar-refractivity contribution >= 4 is 126 Å². The summed E-state index contributed by atoms with van der Waals surface area (Å²) in [4.78, 5) is 0. The maximum atomic E-state index is 5.62.